The first-order valence-electron chi connectivity index (χ1n) is 8.84. The normalized spacial score (nSPS) is 17.6. The molecule has 3 rings (SSSR count). The van der Waals surface area contributed by atoms with E-state index in [1.807, 2.05) is 13.2 Å². The summed E-state index contributed by atoms with van der Waals surface area (Å²) in [7, 11) is 1.82. The van der Waals surface area contributed by atoms with E-state index in [2.05, 4.69) is 63.6 Å². The van der Waals surface area contributed by atoms with E-state index in [0.29, 0.717) is 12.6 Å². The van der Waals surface area contributed by atoms with Crippen molar-refractivity contribution in [2.75, 3.05) is 25.0 Å². The van der Waals surface area contributed by atoms with Crippen molar-refractivity contribution in [3.63, 3.8) is 0 Å². The van der Waals surface area contributed by atoms with E-state index in [4.69, 9.17) is 0 Å². The van der Waals surface area contributed by atoms with Crippen molar-refractivity contribution in [3.05, 3.63) is 45.9 Å². The van der Waals surface area contributed by atoms with Crippen molar-refractivity contribution < 1.29 is 0 Å². The Labute approximate surface area is 177 Å². The first-order chi connectivity index (χ1) is 12.1. The summed E-state index contributed by atoms with van der Waals surface area (Å²) in [6, 6.07) is 9.20. The van der Waals surface area contributed by atoms with Crippen LogP contribution in [0.3, 0.4) is 0 Å². The van der Waals surface area contributed by atoms with Crippen molar-refractivity contribution in [1.82, 2.24) is 15.6 Å². The predicted molar refractivity (Wildman–Crippen MR) is 122 cm³/mol. The minimum absolute atomic E-state index is 0. The van der Waals surface area contributed by atoms with Crippen LogP contribution in [0.1, 0.15) is 28.3 Å². The maximum atomic E-state index is 4.39. The Balaban J connectivity index is 0.00000243. The van der Waals surface area contributed by atoms with Gasteiger partial charge in [-0.2, -0.15) is 0 Å². The van der Waals surface area contributed by atoms with Gasteiger partial charge in [0.1, 0.15) is 5.01 Å². The predicted octanol–water partition coefficient (Wildman–Crippen LogP) is 3.71. The number of nitrogens with one attached hydrogen (secondary N) is 2. The van der Waals surface area contributed by atoms with E-state index in [1.165, 1.54) is 29.0 Å². The molecule has 26 heavy (non-hydrogen) atoms. The number of aromatic nitrogens is 1. The molecule has 0 amide bonds. The van der Waals surface area contributed by atoms with Crippen LogP contribution in [0.15, 0.2) is 35.5 Å². The smallest absolute Gasteiger partial charge is 0.191 e. The number of benzene rings is 1. The number of nitrogens with zero attached hydrogens (tertiary/aromatic N) is 3. The Bertz CT molecular complexity index is 713. The average molecular weight is 485 g/mol. The molecule has 1 saturated heterocycles. The molecule has 0 spiro atoms. The van der Waals surface area contributed by atoms with Crippen LogP contribution >= 0.6 is 35.3 Å². The Morgan fingerprint density at radius 1 is 1.31 bits per heavy atom. The number of aryl methyl sites for hydroxylation is 2. The number of hydrogen-bond donors (Lipinski definition) is 2. The molecule has 142 valence electrons. The second-order valence-electron chi connectivity index (χ2n) is 6.56. The SMILES string of the molecule is CN=C(NCc1ncc(C)s1)NC1CCCN(c2ccc(C)cc2)C1.I. The van der Waals surface area contributed by atoms with E-state index >= 15 is 0 Å². The third-order valence-corrected chi connectivity index (χ3v) is 5.37. The fourth-order valence-corrected chi connectivity index (χ4v) is 3.84. The van der Waals surface area contributed by atoms with Crippen LogP contribution in [-0.2, 0) is 6.54 Å². The van der Waals surface area contributed by atoms with Crippen molar-refractivity contribution in [3.8, 4) is 0 Å². The molecule has 2 heterocycles. The standard InChI is InChI=1S/C19H27N5S.HI/c1-14-6-8-17(9-7-14)24-10-4-5-16(13-24)23-19(20-3)22-12-18-21-11-15(2)25-18;/h6-9,11,16H,4-5,10,12-13H2,1-3H3,(H2,20,22,23);1H. The van der Waals surface area contributed by atoms with Crippen molar-refractivity contribution in [1.29, 1.82) is 0 Å². The molecule has 1 atom stereocenters. The molecule has 0 saturated carbocycles. The summed E-state index contributed by atoms with van der Waals surface area (Å²) in [5.74, 6) is 0.851. The summed E-state index contributed by atoms with van der Waals surface area (Å²) < 4.78 is 0. The molecule has 0 radical (unpaired) electrons. The fraction of sp³-hybridized carbons (Fsp3) is 0.474. The largest absolute Gasteiger partial charge is 0.369 e. The summed E-state index contributed by atoms with van der Waals surface area (Å²) in [6.45, 7) is 7.04. The third kappa shape index (κ3) is 5.84. The van der Waals surface area contributed by atoms with E-state index in [0.717, 1.165) is 24.1 Å². The van der Waals surface area contributed by atoms with Crippen LogP contribution in [0.5, 0.6) is 0 Å². The van der Waals surface area contributed by atoms with Gasteiger partial charge in [0.2, 0.25) is 0 Å². The van der Waals surface area contributed by atoms with Gasteiger partial charge in [-0.1, -0.05) is 17.7 Å². The first kappa shape index (κ1) is 21.0. The molecule has 2 N–H and O–H groups in total. The molecule has 0 aliphatic carbocycles. The topological polar surface area (TPSA) is 52.6 Å². The number of rotatable bonds is 4. The van der Waals surface area contributed by atoms with Gasteiger partial charge in [0.25, 0.3) is 0 Å². The lowest BCUT2D eigenvalue weighted by molar-refractivity contribution is 0.468. The number of piperidine rings is 1. The summed E-state index contributed by atoms with van der Waals surface area (Å²) in [4.78, 5) is 12.5. The molecule has 7 heteroatoms. The quantitative estimate of drug-likeness (QED) is 0.394. The Morgan fingerprint density at radius 3 is 2.73 bits per heavy atom. The molecule has 0 bridgehead atoms. The van der Waals surface area contributed by atoms with Gasteiger partial charge in [0, 0.05) is 42.9 Å². The van der Waals surface area contributed by atoms with E-state index in [9.17, 15) is 0 Å². The Hall–Kier alpha value is -1.35. The molecule has 1 unspecified atom stereocenters. The third-order valence-electron chi connectivity index (χ3n) is 4.46. The van der Waals surface area contributed by atoms with Crippen LogP contribution in [-0.4, -0.2) is 37.1 Å². The van der Waals surface area contributed by atoms with Gasteiger partial charge >= 0.3 is 0 Å². The number of hydrogen-bond acceptors (Lipinski definition) is 4. The molecule has 1 aliphatic rings. The molecule has 1 fully saturated rings. The minimum atomic E-state index is 0. The highest BCUT2D eigenvalue weighted by Crippen LogP contribution is 2.20. The number of anilines is 1. The van der Waals surface area contributed by atoms with Gasteiger partial charge in [-0.05, 0) is 38.8 Å². The minimum Gasteiger partial charge on any atom is -0.369 e. The van der Waals surface area contributed by atoms with Crippen LogP contribution in [0, 0.1) is 13.8 Å². The average Bonchev–Trinajstić information content (AvgIpc) is 3.05. The van der Waals surface area contributed by atoms with E-state index in [1.54, 1.807) is 11.3 Å². The molecule has 1 aliphatic heterocycles. The van der Waals surface area contributed by atoms with E-state index < -0.39 is 0 Å². The number of halogens is 1. The molecule has 5 nitrogen and oxygen atoms in total. The maximum Gasteiger partial charge on any atom is 0.191 e. The highest BCUT2D eigenvalue weighted by atomic mass is 127. The van der Waals surface area contributed by atoms with Gasteiger partial charge in [-0.25, -0.2) is 4.98 Å². The first-order valence-corrected chi connectivity index (χ1v) is 9.66. The lowest BCUT2D eigenvalue weighted by Gasteiger charge is -2.35. The molecule has 1 aromatic carbocycles. The highest BCUT2D eigenvalue weighted by molar-refractivity contribution is 14.0. The highest BCUT2D eigenvalue weighted by Gasteiger charge is 2.21. The van der Waals surface area contributed by atoms with Crippen LogP contribution in [0.25, 0.3) is 0 Å². The van der Waals surface area contributed by atoms with Crippen molar-refractivity contribution >= 4 is 47.0 Å². The molecule has 1 aromatic heterocycles. The van der Waals surface area contributed by atoms with Crippen LogP contribution < -0.4 is 15.5 Å². The zero-order chi connectivity index (χ0) is 17.6. The second-order valence-corrected chi connectivity index (χ2v) is 7.87. The van der Waals surface area contributed by atoms with Crippen molar-refractivity contribution in [2.45, 2.75) is 39.3 Å². The van der Waals surface area contributed by atoms with E-state index in [-0.39, 0.29) is 24.0 Å². The lowest BCUT2D eigenvalue weighted by atomic mass is 10.0. The number of aliphatic imine (C=N–C) groups is 1. The lowest BCUT2D eigenvalue weighted by Crippen LogP contribution is -2.51. The van der Waals surface area contributed by atoms with Crippen LogP contribution in [0.2, 0.25) is 0 Å². The van der Waals surface area contributed by atoms with Gasteiger partial charge in [0.05, 0.1) is 6.54 Å². The zero-order valence-corrected chi connectivity index (χ0v) is 18.8. The van der Waals surface area contributed by atoms with Crippen LogP contribution in [0.4, 0.5) is 5.69 Å². The fourth-order valence-electron chi connectivity index (χ4n) is 3.12. The van der Waals surface area contributed by atoms with Gasteiger partial charge < -0.3 is 15.5 Å². The summed E-state index contributed by atoms with van der Waals surface area (Å²) in [5.41, 5.74) is 2.61. The molecular formula is C19H28IN5S. The molecule has 2 aromatic rings. The van der Waals surface area contributed by atoms with Gasteiger partial charge in [-0.3, -0.25) is 4.99 Å². The summed E-state index contributed by atoms with van der Waals surface area (Å²) in [6.07, 6.45) is 4.27. The monoisotopic (exact) mass is 485 g/mol. The zero-order valence-electron chi connectivity index (χ0n) is 15.7. The second kappa shape index (κ2) is 10.1. The summed E-state index contributed by atoms with van der Waals surface area (Å²) in [5, 5.41) is 8.03. The maximum absolute atomic E-state index is 4.39. The number of thiazole rings is 1. The molecular weight excluding hydrogens is 457 g/mol. The van der Waals surface area contributed by atoms with Crippen molar-refractivity contribution in [2.24, 2.45) is 4.99 Å². The Kier molecular flexibility index (Phi) is 8.15. The Morgan fingerprint density at radius 2 is 2.08 bits per heavy atom. The van der Waals surface area contributed by atoms with Gasteiger partial charge in [0.15, 0.2) is 5.96 Å². The summed E-state index contributed by atoms with van der Waals surface area (Å²) >= 11 is 1.72. The number of guanidine groups is 1. The van der Waals surface area contributed by atoms with Gasteiger partial charge in [-0.15, -0.1) is 35.3 Å².